The molecular formula is C19H19N5O. The van der Waals surface area contributed by atoms with Crippen molar-refractivity contribution in [3.8, 4) is 0 Å². The number of amides is 1. The molecule has 6 nitrogen and oxygen atoms in total. The number of aromatic nitrogens is 3. The molecule has 1 amide bonds. The minimum absolute atomic E-state index is 0.150. The molecule has 25 heavy (non-hydrogen) atoms. The molecule has 0 atom stereocenters. The fourth-order valence-corrected chi connectivity index (χ4v) is 2.45. The highest BCUT2D eigenvalue weighted by atomic mass is 16.2. The van der Waals surface area contributed by atoms with E-state index in [0.29, 0.717) is 24.6 Å². The third-order valence-corrected chi connectivity index (χ3v) is 3.74. The third-order valence-electron chi connectivity index (χ3n) is 3.74. The van der Waals surface area contributed by atoms with E-state index in [1.165, 1.54) is 6.33 Å². The molecule has 0 saturated heterocycles. The normalized spacial score (nSPS) is 10.3. The zero-order valence-corrected chi connectivity index (χ0v) is 14.0. The molecule has 0 saturated carbocycles. The highest BCUT2D eigenvalue weighted by Crippen LogP contribution is 2.16. The second kappa shape index (κ2) is 8.01. The van der Waals surface area contributed by atoms with Gasteiger partial charge in [0.05, 0.1) is 0 Å². The maximum Gasteiger partial charge on any atom is 0.277 e. The van der Waals surface area contributed by atoms with Crippen molar-refractivity contribution in [2.75, 3.05) is 16.8 Å². The second-order valence-corrected chi connectivity index (χ2v) is 5.38. The Morgan fingerprint density at radius 1 is 1.08 bits per heavy atom. The molecule has 0 bridgehead atoms. The van der Waals surface area contributed by atoms with E-state index < -0.39 is 0 Å². The van der Waals surface area contributed by atoms with Gasteiger partial charge < -0.3 is 10.2 Å². The van der Waals surface area contributed by atoms with Gasteiger partial charge in [0.15, 0.2) is 0 Å². The number of carbonyl (C=O) groups is 1. The topological polar surface area (TPSA) is 71.0 Å². The zero-order chi connectivity index (χ0) is 17.5. The smallest absolute Gasteiger partial charge is 0.277 e. The van der Waals surface area contributed by atoms with Crippen molar-refractivity contribution >= 4 is 17.4 Å². The minimum atomic E-state index is -0.150. The lowest BCUT2D eigenvalue weighted by Crippen LogP contribution is -2.31. The molecular weight excluding hydrogens is 314 g/mol. The summed E-state index contributed by atoms with van der Waals surface area (Å²) in [4.78, 5) is 26.8. The molecule has 2 heterocycles. The van der Waals surface area contributed by atoms with E-state index in [4.69, 9.17) is 0 Å². The van der Waals surface area contributed by atoms with Crippen molar-refractivity contribution in [2.45, 2.75) is 13.5 Å². The Morgan fingerprint density at radius 2 is 1.84 bits per heavy atom. The Morgan fingerprint density at radius 3 is 2.56 bits per heavy atom. The predicted molar refractivity (Wildman–Crippen MR) is 97.4 cm³/mol. The zero-order valence-electron chi connectivity index (χ0n) is 14.0. The Balaban J connectivity index is 1.75. The number of carbonyl (C=O) groups excluding carboxylic acids is 1. The Hall–Kier alpha value is -3.28. The van der Waals surface area contributed by atoms with Gasteiger partial charge in [0.25, 0.3) is 5.91 Å². The van der Waals surface area contributed by atoms with Gasteiger partial charge in [0.2, 0.25) is 0 Å². The summed E-state index contributed by atoms with van der Waals surface area (Å²) in [6, 6.07) is 15.1. The van der Waals surface area contributed by atoms with E-state index in [9.17, 15) is 4.79 Å². The number of hydrogen-bond acceptors (Lipinski definition) is 5. The van der Waals surface area contributed by atoms with Crippen LogP contribution in [0.2, 0.25) is 0 Å². The average Bonchev–Trinajstić information content (AvgIpc) is 2.69. The van der Waals surface area contributed by atoms with Crippen molar-refractivity contribution in [2.24, 2.45) is 0 Å². The fourth-order valence-electron chi connectivity index (χ4n) is 2.45. The van der Waals surface area contributed by atoms with E-state index in [2.05, 4.69) is 20.3 Å². The van der Waals surface area contributed by atoms with Gasteiger partial charge in [0, 0.05) is 37.2 Å². The van der Waals surface area contributed by atoms with Crippen molar-refractivity contribution in [3.63, 3.8) is 0 Å². The van der Waals surface area contributed by atoms with E-state index in [-0.39, 0.29) is 5.91 Å². The van der Waals surface area contributed by atoms with Crippen molar-refractivity contribution in [1.29, 1.82) is 0 Å². The standard InChI is InChI=1S/C19H19N5O/c1-2-24(16-6-4-3-5-7-16)19(25)17-12-18(23-14-22-17)21-13-15-8-10-20-11-9-15/h3-12,14H,2,13H2,1H3,(H,21,22,23). The summed E-state index contributed by atoms with van der Waals surface area (Å²) in [6.07, 6.45) is 4.89. The highest BCUT2D eigenvalue weighted by Gasteiger charge is 2.17. The number of nitrogens with zero attached hydrogens (tertiary/aromatic N) is 4. The van der Waals surface area contributed by atoms with Crippen molar-refractivity contribution < 1.29 is 4.79 Å². The molecule has 3 rings (SSSR count). The Labute approximate surface area is 146 Å². The number of para-hydroxylation sites is 1. The van der Waals surface area contributed by atoms with Gasteiger partial charge in [-0.25, -0.2) is 9.97 Å². The molecule has 1 aromatic carbocycles. The number of rotatable bonds is 6. The third kappa shape index (κ3) is 4.17. The Bertz CT molecular complexity index is 823. The van der Waals surface area contributed by atoms with Gasteiger partial charge >= 0.3 is 0 Å². The largest absolute Gasteiger partial charge is 0.366 e. The highest BCUT2D eigenvalue weighted by molar-refractivity contribution is 6.05. The minimum Gasteiger partial charge on any atom is -0.366 e. The van der Waals surface area contributed by atoms with E-state index in [0.717, 1.165) is 11.3 Å². The molecule has 6 heteroatoms. The number of anilines is 2. The van der Waals surface area contributed by atoms with Crippen LogP contribution in [-0.4, -0.2) is 27.4 Å². The lowest BCUT2D eigenvalue weighted by Gasteiger charge is -2.20. The van der Waals surface area contributed by atoms with E-state index >= 15 is 0 Å². The summed E-state index contributed by atoms with van der Waals surface area (Å²) in [7, 11) is 0. The predicted octanol–water partition coefficient (Wildman–Crippen LogP) is 3.15. The molecule has 0 unspecified atom stereocenters. The van der Waals surface area contributed by atoms with E-state index in [1.54, 1.807) is 23.4 Å². The van der Waals surface area contributed by atoms with E-state index in [1.807, 2.05) is 49.4 Å². The monoisotopic (exact) mass is 333 g/mol. The summed E-state index contributed by atoms with van der Waals surface area (Å²) in [6.45, 7) is 3.10. The molecule has 0 aliphatic carbocycles. The van der Waals surface area contributed by atoms with Crippen LogP contribution >= 0.6 is 0 Å². The summed E-state index contributed by atoms with van der Waals surface area (Å²) in [5, 5.41) is 3.20. The maximum absolute atomic E-state index is 12.8. The average molecular weight is 333 g/mol. The van der Waals surface area contributed by atoms with Crippen LogP contribution in [0.1, 0.15) is 23.0 Å². The summed E-state index contributed by atoms with van der Waals surface area (Å²) in [5.74, 6) is 0.460. The lowest BCUT2D eigenvalue weighted by molar-refractivity contribution is 0.0983. The van der Waals surface area contributed by atoms with Crippen LogP contribution in [0.3, 0.4) is 0 Å². The molecule has 0 radical (unpaired) electrons. The molecule has 0 aliphatic heterocycles. The molecule has 3 aromatic rings. The first-order valence-corrected chi connectivity index (χ1v) is 8.09. The number of pyridine rings is 1. The number of benzene rings is 1. The SMILES string of the molecule is CCN(C(=O)c1cc(NCc2ccncc2)ncn1)c1ccccc1. The van der Waals surface area contributed by atoms with Crippen LogP contribution in [-0.2, 0) is 6.54 Å². The van der Waals surface area contributed by atoms with Gasteiger partial charge in [-0.2, -0.15) is 0 Å². The first-order valence-electron chi connectivity index (χ1n) is 8.09. The molecule has 2 aromatic heterocycles. The lowest BCUT2D eigenvalue weighted by atomic mass is 10.2. The van der Waals surface area contributed by atoms with Gasteiger partial charge in [-0.1, -0.05) is 18.2 Å². The van der Waals surface area contributed by atoms with Gasteiger partial charge in [-0.05, 0) is 36.8 Å². The molecule has 0 spiro atoms. The number of hydrogen-bond donors (Lipinski definition) is 1. The van der Waals surface area contributed by atoms with Crippen LogP contribution in [0.4, 0.5) is 11.5 Å². The second-order valence-electron chi connectivity index (χ2n) is 5.38. The van der Waals surface area contributed by atoms with Crippen LogP contribution < -0.4 is 10.2 Å². The summed E-state index contributed by atoms with van der Waals surface area (Å²) < 4.78 is 0. The quantitative estimate of drug-likeness (QED) is 0.750. The van der Waals surface area contributed by atoms with Crippen LogP contribution in [0.15, 0.2) is 67.3 Å². The van der Waals surface area contributed by atoms with Crippen LogP contribution in [0, 0.1) is 0 Å². The van der Waals surface area contributed by atoms with Gasteiger partial charge in [-0.15, -0.1) is 0 Å². The Kier molecular flexibility index (Phi) is 5.31. The van der Waals surface area contributed by atoms with Crippen LogP contribution in [0.25, 0.3) is 0 Å². The molecule has 126 valence electrons. The first-order chi connectivity index (χ1) is 12.3. The summed E-state index contributed by atoms with van der Waals surface area (Å²) >= 11 is 0. The maximum atomic E-state index is 12.8. The van der Waals surface area contributed by atoms with Gasteiger partial charge in [0.1, 0.15) is 17.8 Å². The van der Waals surface area contributed by atoms with Crippen molar-refractivity contribution in [1.82, 2.24) is 15.0 Å². The molecule has 0 fully saturated rings. The summed E-state index contributed by atoms with van der Waals surface area (Å²) in [5.41, 5.74) is 2.29. The molecule has 0 aliphatic rings. The van der Waals surface area contributed by atoms with Crippen molar-refractivity contribution in [3.05, 3.63) is 78.5 Å². The molecule has 1 N–H and O–H groups in total. The first kappa shape index (κ1) is 16.6. The van der Waals surface area contributed by atoms with Gasteiger partial charge in [-0.3, -0.25) is 9.78 Å². The number of nitrogens with one attached hydrogen (secondary N) is 1. The fraction of sp³-hybridized carbons (Fsp3) is 0.158. The van der Waals surface area contributed by atoms with Crippen LogP contribution in [0.5, 0.6) is 0 Å².